The number of carboxylic acids is 1. The molecule has 0 aromatic carbocycles. The second-order valence-electron chi connectivity index (χ2n) is 4.05. The summed E-state index contributed by atoms with van der Waals surface area (Å²) in [4.78, 5) is 16.9. The summed E-state index contributed by atoms with van der Waals surface area (Å²) in [5.74, 6) is -0.880. The molecular formula is C11H15N3O4. The number of hydrogen-bond donors (Lipinski definition) is 3. The molecule has 0 spiro atoms. The highest BCUT2D eigenvalue weighted by Gasteiger charge is 2.24. The van der Waals surface area contributed by atoms with Gasteiger partial charge in [0.25, 0.3) is 0 Å². The maximum absolute atomic E-state index is 11.2. The summed E-state index contributed by atoms with van der Waals surface area (Å²) in [6.45, 7) is 1.33. The van der Waals surface area contributed by atoms with Crippen LogP contribution in [0.15, 0.2) is 12.3 Å². The Morgan fingerprint density at radius 2 is 2.44 bits per heavy atom. The Labute approximate surface area is 104 Å². The zero-order chi connectivity index (χ0) is 13.1. The van der Waals surface area contributed by atoms with Crippen molar-refractivity contribution < 1.29 is 19.7 Å². The molecule has 1 aromatic heterocycles. The van der Waals surface area contributed by atoms with Gasteiger partial charge in [-0.2, -0.15) is 0 Å². The molecule has 1 aromatic rings. The largest absolute Gasteiger partial charge is 0.478 e. The molecule has 1 unspecified atom stereocenters. The molecule has 1 fully saturated rings. The van der Waals surface area contributed by atoms with Crippen LogP contribution in [0.5, 0.6) is 0 Å². The Kier molecular flexibility index (Phi) is 3.63. The number of carbonyl (C=O) groups is 1. The van der Waals surface area contributed by atoms with Crippen LogP contribution in [0.3, 0.4) is 0 Å². The first-order valence-electron chi connectivity index (χ1n) is 5.58. The van der Waals surface area contributed by atoms with Crippen LogP contribution in [0, 0.1) is 0 Å². The molecule has 0 aliphatic carbocycles. The lowest BCUT2D eigenvalue weighted by Gasteiger charge is -2.34. The van der Waals surface area contributed by atoms with Crippen LogP contribution >= 0.6 is 0 Å². The first-order chi connectivity index (χ1) is 8.61. The summed E-state index contributed by atoms with van der Waals surface area (Å²) >= 11 is 0. The van der Waals surface area contributed by atoms with Gasteiger partial charge in [0.1, 0.15) is 5.82 Å². The van der Waals surface area contributed by atoms with E-state index in [1.165, 1.54) is 12.3 Å². The van der Waals surface area contributed by atoms with E-state index in [0.29, 0.717) is 25.4 Å². The molecule has 1 saturated heterocycles. The van der Waals surface area contributed by atoms with Gasteiger partial charge < -0.3 is 25.6 Å². The molecule has 2 rings (SSSR count). The van der Waals surface area contributed by atoms with Crippen molar-refractivity contribution in [1.29, 1.82) is 0 Å². The molecule has 0 amide bonds. The topological polar surface area (TPSA) is 109 Å². The number of rotatable bonds is 3. The van der Waals surface area contributed by atoms with Crippen molar-refractivity contribution in [3.8, 4) is 0 Å². The predicted molar refractivity (Wildman–Crippen MR) is 64.6 cm³/mol. The summed E-state index contributed by atoms with van der Waals surface area (Å²) in [5, 5.41) is 18.2. The van der Waals surface area contributed by atoms with E-state index in [9.17, 15) is 4.79 Å². The first kappa shape index (κ1) is 12.6. The van der Waals surface area contributed by atoms with Crippen LogP contribution in [-0.2, 0) is 4.74 Å². The molecule has 1 aliphatic heterocycles. The number of morpholine rings is 1. The van der Waals surface area contributed by atoms with Gasteiger partial charge in [-0.15, -0.1) is 0 Å². The Hall–Kier alpha value is -1.86. The minimum absolute atomic E-state index is 0.0959. The number of hydrogen-bond acceptors (Lipinski definition) is 6. The standard InChI is InChI=1S/C11H15N3O4/c12-10-3-8(11(16)17)9(4-13-10)14-1-2-18-7(5-14)6-15/h3-4,7,15H,1-2,5-6H2,(H2,12,13)(H,16,17). The lowest BCUT2D eigenvalue weighted by molar-refractivity contribution is 0.00348. The molecule has 0 bridgehead atoms. The summed E-state index contributed by atoms with van der Waals surface area (Å²) in [6.07, 6.45) is 1.14. The highest BCUT2D eigenvalue weighted by atomic mass is 16.5. The van der Waals surface area contributed by atoms with E-state index < -0.39 is 5.97 Å². The van der Waals surface area contributed by atoms with Gasteiger partial charge in [-0.1, -0.05) is 0 Å². The Balaban J connectivity index is 2.29. The molecule has 18 heavy (non-hydrogen) atoms. The van der Waals surface area contributed by atoms with Crippen LogP contribution < -0.4 is 10.6 Å². The molecule has 0 saturated carbocycles. The van der Waals surface area contributed by atoms with E-state index in [1.807, 2.05) is 4.90 Å². The third-order valence-electron chi connectivity index (χ3n) is 2.82. The number of aromatic nitrogens is 1. The smallest absolute Gasteiger partial charge is 0.338 e. The van der Waals surface area contributed by atoms with Gasteiger partial charge in [0.15, 0.2) is 0 Å². The second-order valence-corrected chi connectivity index (χ2v) is 4.05. The van der Waals surface area contributed by atoms with E-state index in [-0.39, 0.29) is 24.1 Å². The highest BCUT2D eigenvalue weighted by molar-refractivity contribution is 5.95. The van der Waals surface area contributed by atoms with Gasteiger partial charge in [0, 0.05) is 13.1 Å². The molecule has 2 heterocycles. The highest BCUT2D eigenvalue weighted by Crippen LogP contribution is 2.23. The Morgan fingerprint density at radius 1 is 1.67 bits per heavy atom. The summed E-state index contributed by atoms with van der Waals surface area (Å²) in [7, 11) is 0. The van der Waals surface area contributed by atoms with Crippen LogP contribution in [0.25, 0.3) is 0 Å². The van der Waals surface area contributed by atoms with Gasteiger partial charge in [-0.25, -0.2) is 9.78 Å². The van der Waals surface area contributed by atoms with Crippen LogP contribution in [0.1, 0.15) is 10.4 Å². The lowest BCUT2D eigenvalue weighted by atomic mass is 10.1. The number of ether oxygens (including phenoxy) is 1. The van der Waals surface area contributed by atoms with E-state index in [4.69, 9.17) is 20.7 Å². The number of nitrogen functional groups attached to an aromatic ring is 1. The minimum atomic E-state index is -1.05. The fourth-order valence-corrected chi connectivity index (χ4v) is 1.94. The monoisotopic (exact) mass is 253 g/mol. The fraction of sp³-hybridized carbons (Fsp3) is 0.455. The van der Waals surface area contributed by atoms with Crippen molar-refractivity contribution >= 4 is 17.5 Å². The molecule has 98 valence electrons. The van der Waals surface area contributed by atoms with Gasteiger partial charge in [0.2, 0.25) is 0 Å². The molecule has 7 nitrogen and oxygen atoms in total. The maximum Gasteiger partial charge on any atom is 0.338 e. The van der Waals surface area contributed by atoms with Crippen molar-refractivity contribution in [2.45, 2.75) is 6.10 Å². The zero-order valence-corrected chi connectivity index (χ0v) is 9.74. The molecular weight excluding hydrogens is 238 g/mol. The zero-order valence-electron chi connectivity index (χ0n) is 9.74. The fourth-order valence-electron chi connectivity index (χ4n) is 1.94. The number of carboxylic acid groups (broad SMARTS) is 1. The van der Waals surface area contributed by atoms with E-state index in [0.717, 1.165) is 0 Å². The normalized spacial score (nSPS) is 19.8. The van der Waals surface area contributed by atoms with Gasteiger partial charge in [-0.3, -0.25) is 0 Å². The van der Waals surface area contributed by atoms with E-state index in [1.54, 1.807) is 0 Å². The van der Waals surface area contributed by atoms with Crippen LogP contribution in [0.2, 0.25) is 0 Å². The molecule has 4 N–H and O–H groups in total. The number of nitrogens with zero attached hydrogens (tertiary/aromatic N) is 2. The Morgan fingerprint density at radius 3 is 3.11 bits per heavy atom. The third kappa shape index (κ3) is 2.52. The predicted octanol–water partition coefficient (Wildman–Crippen LogP) is -0.440. The van der Waals surface area contributed by atoms with Gasteiger partial charge in [0.05, 0.1) is 36.8 Å². The van der Waals surface area contributed by atoms with Gasteiger partial charge >= 0.3 is 5.97 Å². The van der Waals surface area contributed by atoms with Crippen LogP contribution in [-0.4, -0.2) is 53.6 Å². The number of aromatic carboxylic acids is 1. The Bertz CT molecular complexity index is 452. The minimum Gasteiger partial charge on any atom is -0.478 e. The quantitative estimate of drug-likeness (QED) is 0.670. The average Bonchev–Trinajstić information content (AvgIpc) is 2.38. The average molecular weight is 253 g/mol. The first-order valence-corrected chi connectivity index (χ1v) is 5.58. The summed E-state index contributed by atoms with van der Waals surface area (Å²) < 4.78 is 5.32. The maximum atomic E-state index is 11.2. The van der Waals surface area contributed by atoms with Crippen molar-refractivity contribution in [2.75, 3.05) is 36.9 Å². The molecule has 7 heteroatoms. The van der Waals surface area contributed by atoms with E-state index >= 15 is 0 Å². The van der Waals surface area contributed by atoms with Crippen LogP contribution in [0.4, 0.5) is 11.5 Å². The molecule has 1 aliphatic rings. The molecule has 1 atom stereocenters. The third-order valence-corrected chi connectivity index (χ3v) is 2.82. The van der Waals surface area contributed by atoms with Crippen molar-refractivity contribution in [1.82, 2.24) is 4.98 Å². The number of nitrogens with two attached hydrogens (primary N) is 1. The number of aliphatic hydroxyl groups is 1. The lowest BCUT2D eigenvalue weighted by Crippen LogP contribution is -2.44. The summed E-state index contributed by atoms with van der Waals surface area (Å²) in [6, 6.07) is 1.33. The SMILES string of the molecule is Nc1cc(C(=O)O)c(N2CCOC(CO)C2)cn1. The van der Waals surface area contributed by atoms with Gasteiger partial charge in [-0.05, 0) is 6.07 Å². The number of pyridine rings is 1. The van der Waals surface area contributed by atoms with E-state index in [2.05, 4.69) is 4.98 Å². The van der Waals surface area contributed by atoms with Crippen molar-refractivity contribution in [3.63, 3.8) is 0 Å². The number of anilines is 2. The second kappa shape index (κ2) is 5.19. The number of aliphatic hydroxyl groups excluding tert-OH is 1. The van der Waals surface area contributed by atoms with Crippen molar-refractivity contribution in [3.05, 3.63) is 17.8 Å². The summed E-state index contributed by atoms with van der Waals surface area (Å²) in [5.41, 5.74) is 6.10. The molecule has 0 radical (unpaired) electrons. The van der Waals surface area contributed by atoms with Crippen molar-refractivity contribution in [2.24, 2.45) is 0 Å².